The lowest BCUT2D eigenvalue weighted by Gasteiger charge is -2.06. The molecule has 0 saturated heterocycles. The zero-order valence-electron chi connectivity index (χ0n) is 9.19. The lowest BCUT2D eigenvalue weighted by atomic mass is 10.2. The smallest absolute Gasteiger partial charge is 0.356 e. The van der Waals surface area contributed by atoms with E-state index in [0.29, 0.717) is 5.69 Å². The molecule has 3 rings (SSSR count). The van der Waals surface area contributed by atoms with E-state index in [1.807, 2.05) is 12.1 Å². The van der Waals surface area contributed by atoms with Crippen LogP contribution in [0, 0.1) is 0 Å². The van der Waals surface area contributed by atoms with Crippen LogP contribution in [0.4, 0.5) is 0 Å². The van der Waals surface area contributed by atoms with E-state index in [2.05, 4.69) is 15.3 Å². The van der Waals surface area contributed by atoms with Crippen molar-refractivity contribution in [2.45, 2.75) is 0 Å². The minimum Gasteiger partial charge on any atom is -0.476 e. The number of carboxylic acids is 1. The van der Waals surface area contributed by atoms with Crippen molar-refractivity contribution in [2.75, 3.05) is 0 Å². The van der Waals surface area contributed by atoms with Gasteiger partial charge in [-0.05, 0) is 24.3 Å². The molecule has 88 valence electrons. The molecular weight excluding hydrogens is 232 g/mol. The van der Waals surface area contributed by atoms with Gasteiger partial charge in [-0.3, -0.25) is 4.98 Å². The third-order valence-corrected chi connectivity index (χ3v) is 2.62. The maximum atomic E-state index is 11.1. The number of benzene rings is 1. The predicted octanol–water partition coefficient (Wildman–Crippen LogP) is 1.51. The summed E-state index contributed by atoms with van der Waals surface area (Å²) in [6.07, 6.45) is 2.91. The second-order valence-electron chi connectivity index (χ2n) is 3.68. The molecule has 0 spiro atoms. The van der Waals surface area contributed by atoms with Crippen LogP contribution in [0.3, 0.4) is 0 Å². The summed E-state index contributed by atoms with van der Waals surface area (Å²) in [5.41, 5.74) is 1.45. The van der Waals surface area contributed by atoms with E-state index < -0.39 is 5.97 Å². The predicted molar refractivity (Wildman–Crippen MR) is 63.6 cm³/mol. The number of hydrogen-bond acceptors (Lipinski definition) is 4. The van der Waals surface area contributed by atoms with E-state index in [1.54, 1.807) is 24.4 Å². The number of carboxylic acid groups (broad SMARTS) is 1. The van der Waals surface area contributed by atoms with Crippen LogP contribution in [0.15, 0.2) is 42.7 Å². The molecule has 2 heterocycles. The molecule has 3 aromatic rings. The quantitative estimate of drug-likeness (QED) is 0.734. The highest BCUT2D eigenvalue weighted by Gasteiger charge is 2.14. The lowest BCUT2D eigenvalue weighted by Crippen LogP contribution is -2.08. The van der Waals surface area contributed by atoms with E-state index in [0.717, 1.165) is 10.9 Å². The highest BCUT2D eigenvalue weighted by Crippen LogP contribution is 2.20. The largest absolute Gasteiger partial charge is 0.476 e. The number of aromatic nitrogens is 4. The first-order chi connectivity index (χ1) is 8.77. The van der Waals surface area contributed by atoms with Crippen LogP contribution < -0.4 is 0 Å². The first-order valence-electron chi connectivity index (χ1n) is 5.25. The number of nitrogens with zero attached hydrogens (tertiary/aromatic N) is 4. The van der Waals surface area contributed by atoms with Crippen LogP contribution in [-0.2, 0) is 0 Å². The van der Waals surface area contributed by atoms with Gasteiger partial charge in [0.2, 0.25) is 0 Å². The van der Waals surface area contributed by atoms with Crippen molar-refractivity contribution in [3.05, 3.63) is 48.4 Å². The van der Waals surface area contributed by atoms with Gasteiger partial charge in [-0.1, -0.05) is 11.3 Å². The minimum atomic E-state index is -1.07. The highest BCUT2D eigenvalue weighted by atomic mass is 16.4. The molecule has 0 aliphatic carbocycles. The molecule has 0 unspecified atom stereocenters. The van der Waals surface area contributed by atoms with Crippen LogP contribution in [-0.4, -0.2) is 31.1 Å². The van der Waals surface area contributed by atoms with Crippen LogP contribution in [0.5, 0.6) is 0 Å². The first-order valence-corrected chi connectivity index (χ1v) is 5.25. The van der Waals surface area contributed by atoms with Crippen molar-refractivity contribution >= 4 is 16.9 Å². The van der Waals surface area contributed by atoms with Gasteiger partial charge in [0.25, 0.3) is 0 Å². The van der Waals surface area contributed by atoms with Crippen molar-refractivity contribution in [3.8, 4) is 5.69 Å². The SMILES string of the molecule is O=C(O)c1cnnn1-c1cccc2ncccc12. The second kappa shape index (κ2) is 3.92. The molecule has 1 aromatic carbocycles. The molecule has 18 heavy (non-hydrogen) atoms. The number of rotatable bonds is 2. The van der Waals surface area contributed by atoms with Crippen molar-refractivity contribution in [2.24, 2.45) is 0 Å². The van der Waals surface area contributed by atoms with E-state index in [-0.39, 0.29) is 5.69 Å². The van der Waals surface area contributed by atoms with Gasteiger partial charge in [-0.15, -0.1) is 5.10 Å². The number of carbonyl (C=O) groups is 1. The Morgan fingerprint density at radius 3 is 2.94 bits per heavy atom. The first kappa shape index (κ1) is 10.4. The van der Waals surface area contributed by atoms with Gasteiger partial charge < -0.3 is 5.11 Å². The standard InChI is InChI=1S/C12H8N4O2/c17-12(18)11-7-14-15-16(11)10-5-1-4-9-8(10)3-2-6-13-9/h1-7H,(H,17,18). The average Bonchev–Trinajstić information content (AvgIpc) is 2.87. The Bertz CT molecular complexity index is 730. The summed E-state index contributed by atoms with van der Waals surface area (Å²) in [7, 11) is 0. The molecule has 0 amide bonds. The normalized spacial score (nSPS) is 10.7. The van der Waals surface area contributed by atoms with Crippen LogP contribution in [0.2, 0.25) is 0 Å². The molecule has 0 atom stereocenters. The van der Waals surface area contributed by atoms with Crippen LogP contribution >= 0.6 is 0 Å². The van der Waals surface area contributed by atoms with Crippen LogP contribution in [0.25, 0.3) is 16.6 Å². The van der Waals surface area contributed by atoms with E-state index >= 15 is 0 Å². The second-order valence-corrected chi connectivity index (χ2v) is 3.68. The Morgan fingerprint density at radius 1 is 1.22 bits per heavy atom. The summed E-state index contributed by atoms with van der Waals surface area (Å²) in [5.74, 6) is -1.07. The topological polar surface area (TPSA) is 80.9 Å². The molecule has 1 N–H and O–H groups in total. The highest BCUT2D eigenvalue weighted by molar-refractivity contribution is 5.90. The molecule has 0 aliphatic heterocycles. The number of aromatic carboxylic acids is 1. The molecule has 0 aliphatic rings. The molecule has 2 aromatic heterocycles. The summed E-state index contributed by atoms with van der Waals surface area (Å²) in [5, 5.41) is 17.4. The number of fused-ring (bicyclic) bond motifs is 1. The number of hydrogen-bond donors (Lipinski definition) is 1. The Balaban J connectivity index is 2.32. The summed E-state index contributed by atoms with van der Waals surface area (Å²) >= 11 is 0. The van der Waals surface area contributed by atoms with Gasteiger partial charge in [0.05, 0.1) is 17.4 Å². The Kier molecular flexibility index (Phi) is 2.26. The van der Waals surface area contributed by atoms with Crippen molar-refractivity contribution in [1.29, 1.82) is 0 Å². The molecule has 0 radical (unpaired) electrons. The summed E-state index contributed by atoms with van der Waals surface area (Å²) in [4.78, 5) is 15.3. The van der Waals surface area contributed by atoms with Crippen molar-refractivity contribution in [1.82, 2.24) is 20.0 Å². The minimum absolute atomic E-state index is 0.0198. The van der Waals surface area contributed by atoms with Gasteiger partial charge in [-0.2, -0.15) is 0 Å². The average molecular weight is 240 g/mol. The van der Waals surface area contributed by atoms with Gasteiger partial charge in [0.15, 0.2) is 5.69 Å². The molecule has 0 bridgehead atoms. The summed E-state index contributed by atoms with van der Waals surface area (Å²) < 4.78 is 1.30. The van der Waals surface area contributed by atoms with Crippen molar-refractivity contribution in [3.63, 3.8) is 0 Å². The fourth-order valence-electron chi connectivity index (χ4n) is 1.83. The molecule has 0 fully saturated rings. The van der Waals surface area contributed by atoms with Crippen LogP contribution in [0.1, 0.15) is 10.5 Å². The van der Waals surface area contributed by atoms with E-state index in [9.17, 15) is 4.79 Å². The van der Waals surface area contributed by atoms with E-state index in [4.69, 9.17) is 5.11 Å². The van der Waals surface area contributed by atoms with Gasteiger partial charge in [-0.25, -0.2) is 9.48 Å². The van der Waals surface area contributed by atoms with Gasteiger partial charge >= 0.3 is 5.97 Å². The maximum absolute atomic E-state index is 11.1. The summed E-state index contributed by atoms with van der Waals surface area (Å²) in [6, 6.07) is 9.10. The zero-order chi connectivity index (χ0) is 12.5. The fourth-order valence-corrected chi connectivity index (χ4v) is 1.83. The van der Waals surface area contributed by atoms with Gasteiger partial charge in [0.1, 0.15) is 0 Å². The fraction of sp³-hybridized carbons (Fsp3) is 0. The molecule has 6 heteroatoms. The Labute approximate surface area is 102 Å². The maximum Gasteiger partial charge on any atom is 0.356 e. The molecule has 0 saturated carbocycles. The third kappa shape index (κ3) is 1.51. The molecular formula is C12H8N4O2. The van der Waals surface area contributed by atoms with Gasteiger partial charge in [0, 0.05) is 11.6 Å². The van der Waals surface area contributed by atoms with E-state index in [1.165, 1.54) is 10.9 Å². The lowest BCUT2D eigenvalue weighted by molar-refractivity contribution is 0.0687. The number of pyridine rings is 1. The van der Waals surface area contributed by atoms with Crippen molar-refractivity contribution < 1.29 is 9.90 Å². The summed E-state index contributed by atoms with van der Waals surface area (Å²) in [6.45, 7) is 0. The molecule has 6 nitrogen and oxygen atoms in total. The zero-order valence-corrected chi connectivity index (χ0v) is 9.19. The third-order valence-electron chi connectivity index (χ3n) is 2.62. The Hall–Kier alpha value is -2.76. The Morgan fingerprint density at radius 2 is 2.11 bits per heavy atom. The monoisotopic (exact) mass is 240 g/mol.